The highest BCUT2D eigenvalue weighted by Crippen LogP contribution is 2.33. The SMILES string of the molecule is N=C(c1c(O)ccc2cc(OCCN)ccc12)C1CCC(=O)NC1=O. The lowest BCUT2D eigenvalue weighted by molar-refractivity contribution is -0.134. The van der Waals surface area contributed by atoms with Crippen molar-refractivity contribution in [3.63, 3.8) is 0 Å². The summed E-state index contributed by atoms with van der Waals surface area (Å²) in [4.78, 5) is 23.4. The lowest BCUT2D eigenvalue weighted by atomic mass is 9.86. The van der Waals surface area contributed by atoms with Crippen LogP contribution in [0.5, 0.6) is 11.5 Å². The third-order valence-corrected chi connectivity index (χ3v) is 4.21. The van der Waals surface area contributed by atoms with Gasteiger partial charge in [0.15, 0.2) is 0 Å². The van der Waals surface area contributed by atoms with E-state index in [0.29, 0.717) is 29.9 Å². The highest BCUT2D eigenvalue weighted by Gasteiger charge is 2.32. The molecule has 0 radical (unpaired) electrons. The Morgan fingerprint density at radius 2 is 2.12 bits per heavy atom. The summed E-state index contributed by atoms with van der Waals surface area (Å²) in [5.41, 5.74) is 5.74. The Labute approximate surface area is 144 Å². The minimum Gasteiger partial charge on any atom is -0.507 e. The van der Waals surface area contributed by atoms with Crippen molar-refractivity contribution in [3.8, 4) is 11.5 Å². The second-order valence-electron chi connectivity index (χ2n) is 5.90. The molecule has 1 aliphatic rings. The van der Waals surface area contributed by atoms with Gasteiger partial charge >= 0.3 is 0 Å². The number of phenolic OH excluding ortho intramolecular Hbond substituents is 1. The summed E-state index contributed by atoms with van der Waals surface area (Å²) in [6.45, 7) is 0.793. The topological polar surface area (TPSA) is 126 Å². The molecule has 1 atom stereocenters. The summed E-state index contributed by atoms with van der Waals surface area (Å²) >= 11 is 0. The highest BCUT2D eigenvalue weighted by atomic mass is 16.5. The van der Waals surface area contributed by atoms with Crippen LogP contribution in [-0.2, 0) is 9.59 Å². The predicted octanol–water partition coefficient (Wildman–Crippen LogP) is 1.30. The Morgan fingerprint density at radius 1 is 1.32 bits per heavy atom. The summed E-state index contributed by atoms with van der Waals surface area (Å²) in [5, 5.41) is 22.4. The number of ether oxygens (including phenoxy) is 1. The van der Waals surface area contributed by atoms with E-state index in [-0.39, 0.29) is 30.2 Å². The van der Waals surface area contributed by atoms with Crippen molar-refractivity contribution >= 4 is 28.3 Å². The Kier molecular flexibility index (Phi) is 4.67. The molecule has 2 amide bonds. The van der Waals surface area contributed by atoms with Gasteiger partial charge in [0.25, 0.3) is 0 Å². The third-order valence-electron chi connectivity index (χ3n) is 4.21. The molecule has 0 spiro atoms. The van der Waals surface area contributed by atoms with Crippen LogP contribution >= 0.6 is 0 Å². The minimum atomic E-state index is -0.762. The fourth-order valence-electron chi connectivity index (χ4n) is 2.99. The van der Waals surface area contributed by atoms with Crippen molar-refractivity contribution in [2.75, 3.05) is 13.2 Å². The van der Waals surface area contributed by atoms with Crippen molar-refractivity contribution in [1.29, 1.82) is 5.41 Å². The quantitative estimate of drug-likeness (QED) is 0.482. The number of nitrogens with two attached hydrogens (primary N) is 1. The van der Waals surface area contributed by atoms with Gasteiger partial charge in [-0.2, -0.15) is 0 Å². The fraction of sp³-hybridized carbons (Fsp3) is 0.278. The number of imide groups is 1. The lowest BCUT2D eigenvalue weighted by Gasteiger charge is -2.23. The summed E-state index contributed by atoms with van der Waals surface area (Å²) < 4.78 is 5.50. The van der Waals surface area contributed by atoms with Crippen LogP contribution in [0.3, 0.4) is 0 Å². The number of amides is 2. The van der Waals surface area contributed by atoms with Gasteiger partial charge in [0.1, 0.15) is 18.1 Å². The second-order valence-corrected chi connectivity index (χ2v) is 5.90. The maximum Gasteiger partial charge on any atom is 0.235 e. The highest BCUT2D eigenvalue weighted by molar-refractivity contribution is 6.21. The van der Waals surface area contributed by atoms with E-state index < -0.39 is 11.8 Å². The van der Waals surface area contributed by atoms with E-state index in [1.807, 2.05) is 0 Å². The number of carbonyl (C=O) groups is 2. The molecule has 1 unspecified atom stereocenters. The number of aromatic hydroxyl groups is 1. The standard InChI is InChI=1S/C18H19N3O4/c19-7-8-25-11-2-3-12-10(9-11)1-5-14(22)16(12)17(20)13-4-6-15(23)21-18(13)24/h1-3,5,9,13,20,22H,4,6-8,19H2,(H,21,23,24). The van der Waals surface area contributed by atoms with Crippen LogP contribution in [0, 0.1) is 11.3 Å². The second kappa shape index (κ2) is 6.90. The van der Waals surface area contributed by atoms with Gasteiger partial charge in [0, 0.05) is 18.5 Å². The number of hydrogen-bond donors (Lipinski definition) is 4. The van der Waals surface area contributed by atoms with Gasteiger partial charge in [0.05, 0.1) is 11.6 Å². The Bertz CT molecular complexity index is 863. The number of fused-ring (bicyclic) bond motifs is 1. The average molecular weight is 341 g/mol. The van der Waals surface area contributed by atoms with Crippen LogP contribution in [0.2, 0.25) is 0 Å². The van der Waals surface area contributed by atoms with Gasteiger partial charge < -0.3 is 21.0 Å². The van der Waals surface area contributed by atoms with Crippen molar-refractivity contribution in [1.82, 2.24) is 5.32 Å². The van der Waals surface area contributed by atoms with E-state index in [1.165, 1.54) is 6.07 Å². The maximum atomic E-state index is 12.1. The van der Waals surface area contributed by atoms with Gasteiger partial charge in [-0.05, 0) is 41.5 Å². The molecular formula is C18H19N3O4. The van der Waals surface area contributed by atoms with Crippen LogP contribution < -0.4 is 15.8 Å². The largest absolute Gasteiger partial charge is 0.507 e. The van der Waals surface area contributed by atoms with Gasteiger partial charge in [-0.1, -0.05) is 6.07 Å². The molecule has 0 bridgehead atoms. The zero-order valence-corrected chi connectivity index (χ0v) is 13.5. The number of benzene rings is 2. The molecule has 5 N–H and O–H groups in total. The Morgan fingerprint density at radius 3 is 2.84 bits per heavy atom. The van der Waals surface area contributed by atoms with Crippen LogP contribution in [0.1, 0.15) is 18.4 Å². The molecule has 1 heterocycles. The van der Waals surface area contributed by atoms with E-state index >= 15 is 0 Å². The molecule has 1 fully saturated rings. The summed E-state index contributed by atoms with van der Waals surface area (Å²) in [6, 6.07) is 8.49. The number of carbonyl (C=O) groups excluding carboxylic acids is 2. The zero-order chi connectivity index (χ0) is 18.0. The van der Waals surface area contributed by atoms with Gasteiger partial charge in [0.2, 0.25) is 11.8 Å². The molecule has 7 heteroatoms. The number of piperidine rings is 1. The van der Waals surface area contributed by atoms with E-state index in [1.54, 1.807) is 24.3 Å². The number of hydrogen-bond acceptors (Lipinski definition) is 6. The molecular weight excluding hydrogens is 322 g/mol. The first-order valence-electron chi connectivity index (χ1n) is 8.02. The van der Waals surface area contributed by atoms with Gasteiger partial charge in [-0.25, -0.2) is 0 Å². The summed E-state index contributed by atoms with van der Waals surface area (Å²) in [5.74, 6) is -1.03. The van der Waals surface area contributed by atoms with Gasteiger partial charge in [-0.15, -0.1) is 0 Å². The molecule has 1 saturated heterocycles. The molecule has 2 aromatic carbocycles. The molecule has 3 rings (SSSR count). The Balaban J connectivity index is 2.00. The molecule has 130 valence electrons. The van der Waals surface area contributed by atoms with Crippen molar-refractivity contribution in [2.24, 2.45) is 11.7 Å². The maximum absolute atomic E-state index is 12.1. The van der Waals surface area contributed by atoms with E-state index in [2.05, 4.69) is 5.32 Å². The summed E-state index contributed by atoms with van der Waals surface area (Å²) in [6.07, 6.45) is 0.443. The van der Waals surface area contributed by atoms with Crippen molar-refractivity contribution < 1.29 is 19.4 Å². The van der Waals surface area contributed by atoms with Crippen LogP contribution in [0.4, 0.5) is 0 Å². The molecule has 0 aliphatic carbocycles. The molecule has 1 aliphatic heterocycles. The fourth-order valence-corrected chi connectivity index (χ4v) is 2.99. The smallest absolute Gasteiger partial charge is 0.235 e. The predicted molar refractivity (Wildman–Crippen MR) is 92.9 cm³/mol. The monoisotopic (exact) mass is 341 g/mol. The van der Waals surface area contributed by atoms with Crippen LogP contribution in [0.25, 0.3) is 10.8 Å². The van der Waals surface area contributed by atoms with Crippen molar-refractivity contribution in [2.45, 2.75) is 12.8 Å². The first kappa shape index (κ1) is 16.9. The first-order valence-corrected chi connectivity index (χ1v) is 8.02. The van der Waals surface area contributed by atoms with Crippen LogP contribution in [0.15, 0.2) is 30.3 Å². The van der Waals surface area contributed by atoms with Gasteiger partial charge in [-0.3, -0.25) is 14.9 Å². The molecule has 7 nitrogen and oxygen atoms in total. The zero-order valence-electron chi connectivity index (χ0n) is 13.5. The average Bonchev–Trinajstić information content (AvgIpc) is 2.59. The van der Waals surface area contributed by atoms with E-state index in [9.17, 15) is 14.7 Å². The number of rotatable bonds is 5. The normalized spacial score (nSPS) is 17.4. The van der Waals surface area contributed by atoms with Crippen molar-refractivity contribution in [3.05, 3.63) is 35.9 Å². The molecule has 2 aromatic rings. The third kappa shape index (κ3) is 3.32. The number of nitrogens with one attached hydrogen (secondary N) is 2. The van der Waals surface area contributed by atoms with Crippen LogP contribution in [-0.4, -0.2) is 35.8 Å². The molecule has 0 saturated carbocycles. The minimum absolute atomic E-state index is 0.00345. The molecule has 0 aromatic heterocycles. The summed E-state index contributed by atoms with van der Waals surface area (Å²) in [7, 11) is 0. The Hall–Kier alpha value is -2.93. The molecule has 25 heavy (non-hydrogen) atoms. The number of phenols is 1. The lowest BCUT2D eigenvalue weighted by Crippen LogP contribution is -2.43. The first-order chi connectivity index (χ1) is 12.0. The van der Waals surface area contributed by atoms with E-state index in [4.69, 9.17) is 15.9 Å². The van der Waals surface area contributed by atoms with E-state index in [0.717, 1.165) is 5.39 Å².